The van der Waals surface area contributed by atoms with Gasteiger partial charge in [-0.25, -0.2) is 4.79 Å². The number of hydrogen-bond donors (Lipinski definition) is 2. The van der Waals surface area contributed by atoms with Crippen molar-refractivity contribution in [3.63, 3.8) is 0 Å². The summed E-state index contributed by atoms with van der Waals surface area (Å²) in [4.78, 5) is 23.2. The summed E-state index contributed by atoms with van der Waals surface area (Å²) >= 11 is 3.36. The normalized spacial score (nSPS) is 12.4. The molecule has 0 aliphatic carbocycles. The largest absolute Gasteiger partial charge is 0.439 e. The lowest BCUT2D eigenvalue weighted by Gasteiger charge is -2.20. The Morgan fingerprint density at radius 3 is 2.33 bits per heavy atom. The third-order valence-corrected chi connectivity index (χ3v) is 3.09. The molecule has 0 spiro atoms. The fraction of sp³-hybridized carbons (Fsp3) is 0.467. The first-order valence-electron chi connectivity index (χ1n) is 6.67. The van der Waals surface area contributed by atoms with E-state index in [-0.39, 0.29) is 18.6 Å². The summed E-state index contributed by atoms with van der Waals surface area (Å²) < 4.78 is 5.84. The second-order valence-electron chi connectivity index (χ2n) is 5.79. The topological polar surface area (TPSA) is 67.4 Å². The maximum atomic E-state index is 11.7. The summed E-state index contributed by atoms with van der Waals surface area (Å²) in [7, 11) is 0. The third-order valence-electron chi connectivity index (χ3n) is 2.56. The van der Waals surface area contributed by atoms with E-state index in [1.807, 2.05) is 52.0 Å². The summed E-state index contributed by atoms with van der Waals surface area (Å²) in [6.45, 7) is 7.08. The van der Waals surface area contributed by atoms with E-state index in [0.717, 1.165) is 10.0 Å². The highest BCUT2D eigenvalue weighted by Gasteiger charge is 2.16. The maximum absolute atomic E-state index is 11.7. The molecule has 2 amide bonds. The van der Waals surface area contributed by atoms with Crippen molar-refractivity contribution in [1.82, 2.24) is 10.6 Å². The average molecular weight is 357 g/mol. The lowest BCUT2D eigenvalue weighted by Crippen LogP contribution is -2.42. The Morgan fingerprint density at radius 1 is 1.24 bits per heavy atom. The molecule has 0 bridgehead atoms. The van der Waals surface area contributed by atoms with Crippen molar-refractivity contribution >= 4 is 27.9 Å². The standard InChI is InChI=1S/C15H21BrN2O3/c1-10(11-5-7-12(16)8-6-11)17-13(19)9-21-14(20)18-15(2,3)4/h5-8,10H,9H2,1-4H3,(H,17,19)(H,18,20). The summed E-state index contributed by atoms with van der Waals surface area (Å²) in [5.74, 6) is -0.338. The summed E-state index contributed by atoms with van der Waals surface area (Å²) in [6, 6.07) is 7.50. The first-order valence-corrected chi connectivity index (χ1v) is 7.46. The van der Waals surface area contributed by atoms with Gasteiger partial charge in [-0.3, -0.25) is 4.79 Å². The van der Waals surface area contributed by atoms with E-state index in [4.69, 9.17) is 4.74 Å². The van der Waals surface area contributed by atoms with Crippen LogP contribution >= 0.6 is 15.9 Å². The molecule has 5 nitrogen and oxygen atoms in total. The lowest BCUT2D eigenvalue weighted by molar-refractivity contribution is -0.124. The molecular weight excluding hydrogens is 336 g/mol. The van der Waals surface area contributed by atoms with Gasteiger partial charge in [0.25, 0.3) is 5.91 Å². The van der Waals surface area contributed by atoms with Gasteiger partial charge in [0.15, 0.2) is 6.61 Å². The second kappa shape index (κ2) is 7.45. The van der Waals surface area contributed by atoms with Crippen LogP contribution in [0.2, 0.25) is 0 Å². The van der Waals surface area contributed by atoms with E-state index in [9.17, 15) is 9.59 Å². The van der Waals surface area contributed by atoms with Crippen molar-refractivity contribution in [3.8, 4) is 0 Å². The number of nitrogens with one attached hydrogen (secondary N) is 2. The first-order chi connectivity index (χ1) is 9.67. The molecule has 116 valence electrons. The lowest BCUT2D eigenvalue weighted by atomic mass is 10.1. The van der Waals surface area contributed by atoms with Crippen molar-refractivity contribution < 1.29 is 14.3 Å². The number of carbonyl (C=O) groups excluding carboxylic acids is 2. The van der Waals surface area contributed by atoms with Crippen LogP contribution in [0.25, 0.3) is 0 Å². The Morgan fingerprint density at radius 2 is 1.81 bits per heavy atom. The number of ether oxygens (including phenoxy) is 1. The van der Waals surface area contributed by atoms with Gasteiger partial charge in [0, 0.05) is 10.0 Å². The fourth-order valence-corrected chi connectivity index (χ4v) is 1.86. The number of benzene rings is 1. The number of hydrogen-bond acceptors (Lipinski definition) is 3. The molecule has 0 aliphatic heterocycles. The summed E-state index contributed by atoms with van der Waals surface area (Å²) in [5, 5.41) is 5.39. The molecule has 1 unspecified atom stereocenters. The zero-order valence-electron chi connectivity index (χ0n) is 12.7. The van der Waals surface area contributed by atoms with Crippen molar-refractivity contribution in [2.45, 2.75) is 39.3 Å². The Bertz CT molecular complexity index is 495. The molecule has 0 radical (unpaired) electrons. The molecule has 0 saturated heterocycles. The van der Waals surface area contributed by atoms with E-state index in [0.29, 0.717) is 0 Å². The van der Waals surface area contributed by atoms with Gasteiger partial charge in [-0.2, -0.15) is 0 Å². The van der Waals surface area contributed by atoms with Gasteiger partial charge >= 0.3 is 6.09 Å². The average Bonchev–Trinajstić information content (AvgIpc) is 2.35. The van der Waals surface area contributed by atoms with Crippen LogP contribution in [0.5, 0.6) is 0 Å². The molecule has 1 aromatic carbocycles. The number of alkyl carbamates (subject to hydrolysis) is 1. The van der Waals surface area contributed by atoms with Crippen LogP contribution in [0.1, 0.15) is 39.3 Å². The smallest absolute Gasteiger partial charge is 0.408 e. The van der Waals surface area contributed by atoms with Crippen LogP contribution < -0.4 is 10.6 Å². The van der Waals surface area contributed by atoms with Gasteiger partial charge in [-0.05, 0) is 45.4 Å². The van der Waals surface area contributed by atoms with E-state index in [1.165, 1.54) is 0 Å². The minimum atomic E-state index is -0.603. The molecule has 0 fully saturated rings. The Hall–Kier alpha value is -1.56. The van der Waals surface area contributed by atoms with Crippen molar-refractivity contribution in [2.75, 3.05) is 6.61 Å². The highest BCUT2D eigenvalue weighted by Crippen LogP contribution is 2.16. The van der Waals surface area contributed by atoms with Crippen molar-refractivity contribution in [2.24, 2.45) is 0 Å². The zero-order valence-corrected chi connectivity index (χ0v) is 14.3. The van der Waals surface area contributed by atoms with Crippen LogP contribution in [0.3, 0.4) is 0 Å². The van der Waals surface area contributed by atoms with E-state index in [1.54, 1.807) is 0 Å². The molecule has 6 heteroatoms. The number of amides is 2. The van der Waals surface area contributed by atoms with Gasteiger partial charge < -0.3 is 15.4 Å². The number of rotatable bonds is 4. The van der Waals surface area contributed by atoms with Gasteiger partial charge in [-0.1, -0.05) is 28.1 Å². The Kier molecular flexibility index (Phi) is 6.20. The fourth-order valence-electron chi connectivity index (χ4n) is 1.59. The third kappa shape index (κ3) is 7.13. The summed E-state index contributed by atoms with van der Waals surface area (Å²) in [6.07, 6.45) is -0.603. The quantitative estimate of drug-likeness (QED) is 0.870. The molecule has 2 N–H and O–H groups in total. The number of halogens is 1. The van der Waals surface area contributed by atoms with Crippen molar-refractivity contribution in [3.05, 3.63) is 34.3 Å². The molecule has 1 rings (SSSR count). The van der Waals surface area contributed by atoms with Crippen molar-refractivity contribution in [1.29, 1.82) is 0 Å². The highest BCUT2D eigenvalue weighted by molar-refractivity contribution is 9.10. The molecule has 0 aliphatic rings. The van der Waals surface area contributed by atoms with Crippen LogP contribution in [0.15, 0.2) is 28.7 Å². The van der Waals surface area contributed by atoms with Gasteiger partial charge in [0.2, 0.25) is 0 Å². The summed E-state index contributed by atoms with van der Waals surface area (Å²) in [5.41, 5.74) is 0.587. The minimum absolute atomic E-state index is 0.153. The van der Waals surface area contributed by atoms with E-state index in [2.05, 4.69) is 26.6 Å². The van der Waals surface area contributed by atoms with E-state index >= 15 is 0 Å². The second-order valence-corrected chi connectivity index (χ2v) is 6.71. The van der Waals surface area contributed by atoms with E-state index < -0.39 is 11.6 Å². The highest BCUT2D eigenvalue weighted by atomic mass is 79.9. The minimum Gasteiger partial charge on any atom is -0.439 e. The number of carbonyl (C=O) groups is 2. The molecule has 1 atom stereocenters. The predicted molar refractivity (Wildman–Crippen MR) is 84.9 cm³/mol. The Balaban J connectivity index is 2.40. The van der Waals surface area contributed by atoms with Crippen LogP contribution in [0.4, 0.5) is 4.79 Å². The van der Waals surface area contributed by atoms with Gasteiger partial charge in [0.05, 0.1) is 6.04 Å². The van der Waals surface area contributed by atoms with Gasteiger partial charge in [-0.15, -0.1) is 0 Å². The maximum Gasteiger partial charge on any atom is 0.408 e. The molecule has 0 heterocycles. The predicted octanol–water partition coefficient (Wildman–Crippen LogP) is 3.15. The SMILES string of the molecule is CC(NC(=O)COC(=O)NC(C)(C)C)c1ccc(Br)cc1. The molecule has 1 aromatic rings. The molecule has 0 aromatic heterocycles. The Labute approximate surface area is 133 Å². The van der Waals surface area contributed by atoms with Crippen LogP contribution in [-0.2, 0) is 9.53 Å². The molecule has 0 saturated carbocycles. The van der Waals surface area contributed by atoms with Gasteiger partial charge in [0.1, 0.15) is 0 Å². The van der Waals surface area contributed by atoms with Crippen LogP contribution in [0, 0.1) is 0 Å². The first kappa shape index (κ1) is 17.5. The molecule has 21 heavy (non-hydrogen) atoms. The monoisotopic (exact) mass is 356 g/mol. The zero-order chi connectivity index (χ0) is 16.0. The molecular formula is C15H21BrN2O3. The van der Waals surface area contributed by atoms with Crippen LogP contribution in [-0.4, -0.2) is 24.1 Å².